The number of hydrogen-bond acceptors (Lipinski definition) is 4. The number of benzene rings is 2. The van der Waals surface area contributed by atoms with E-state index in [0.29, 0.717) is 27.7 Å². The summed E-state index contributed by atoms with van der Waals surface area (Å²) in [6.07, 6.45) is 1.73. The van der Waals surface area contributed by atoms with Crippen molar-refractivity contribution in [3.8, 4) is 45.3 Å². The highest BCUT2D eigenvalue weighted by atomic mass is 35.5. The summed E-state index contributed by atoms with van der Waals surface area (Å²) < 4.78 is 5.13. The Hall–Kier alpha value is -3.51. The number of rotatable bonds is 4. The molecule has 2 aromatic carbocycles. The number of aromatic hydroxyl groups is 1. The van der Waals surface area contributed by atoms with Gasteiger partial charge in [-0.05, 0) is 41.5 Å². The van der Waals surface area contributed by atoms with Crippen LogP contribution in [0.15, 0.2) is 65.6 Å². The van der Waals surface area contributed by atoms with E-state index >= 15 is 0 Å². The molecule has 0 spiro atoms. The lowest BCUT2D eigenvalue weighted by molar-refractivity contribution is 0.373. The number of hydrogen-bond donors (Lipinski definition) is 3. The minimum Gasteiger partial charge on any atom is -0.504 e. The van der Waals surface area contributed by atoms with Gasteiger partial charge in [0.05, 0.1) is 23.5 Å². The zero-order chi connectivity index (χ0) is 19.7. The summed E-state index contributed by atoms with van der Waals surface area (Å²) in [5.41, 5.74) is 4.06. The minimum atomic E-state index is -0.459. The van der Waals surface area contributed by atoms with Crippen LogP contribution < -0.4 is 10.4 Å². The van der Waals surface area contributed by atoms with Gasteiger partial charge in [-0.15, -0.1) is 0 Å². The van der Waals surface area contributed by atoms with Crippen LogP contribution >= 0.6 is 11.6 Å². The molecule has 0 bridgehead atoms. The fraction of sp³-hybridized carbons (Fsp3) is 0.0476. The highest BCUT2D eigenvalue weighted by Gasteiger charge is 2.10. The SMILES string of the molecule is COc1cc(-c2cc(-c3ccc(-c4cc(Cl)c[nH]4)cc3)[nH]c(=O)n2)ccc1O. The van der Waals surface area contributed by atoms with Crippen LogP contribution in [0.2, 0.25) is 5.02 Å². The van der Waals surface area contributed by atoms with Crippen LogP contribution in [-0.2, 0) is 0 Å². The number of aromatic nitrogens is 3. The summed E-state index contributed by atoms with van der Waals surface area (Å²) >= 11 is 5.96. The van der Waals surface area contributed by atoms with Gasteiger partial charge >= 0.3 is 5.69 Å². The second-order valence-electron chi connectivity index (χ2n) is 6.18. The number of phenols is 1. The Balaban J connectivity index is 1.72. The molecule has 0 aliphatic heterocycles. The van der Waals surface area contributed by atoms with Gasteiger partial charge in [0.2, 0.25) is 0 Å². The molecule has 0 unspecified atom stereocenters. The summed E-state index contributed by atoms with van der Waals surface area (Å²) in [6.45, 7) is 0. The number of methoxy groups -OCH3 is 1. The summed E-state index contributed by atoms with van der Waals surface area (Å²) in [4.78, 5) is 22.0. The van der Waals surface area contributed by atoms with E-state index in [1.54, 1.807) is 24.4 Å². The molecule has 0 fully saturated rings. The van der Waals surface area contributed by atoms with E-state index in [0.717, 1.165) is 16.8 Å². The van der Waals surface area contributed by atoms with Gasteiger partial charge < -0.3 is 19.8 Å². The topological polar surface area (TPSA) is 91.0 Å². The van der Waals surface area contributed by atoms with Crippen molar-refractivity contribution < 1.29 is 9.84 Å². The van der Waals surface area contributed by atoms with Crippen molar-refractivity contribution in [2.24, 2.45) is 0 Å². The fourth-order valence-electron chi connectivity index (χ4n) is 2.96. The monoisotopic (exact) mass is 393 g/mol. The predicted molar refractivity (Wildman–Crippen MR) is 109 cm³/mol. The largest absolute Gasteiger partial charge is 0.504 e. The number of H-pyrrole nitrogens is 2. The third-order valence-electron chi connectivity index (χ3n) is 4.37. The molecule has 2 aromatic heterocycles. The van der Waals surface area contributed by atoms with Gasteiger partial charge in [0.25, 0.3) is 0 Å². The van der Waals surface area contributed by atoms with Gasteiger partial charge in [0, 0.05) is 17.5 Å². The number of nitrogens with one attached hydrogen (secondary N) is 2. The quantitative estimate of drug-likeness (QED) is 0.477. The molecule has 7 heteroatoms. The van der Waals surface area contributed by atoms with Crippen LogP contribution in [0.3, 0.4) is 0 Å². The van der Waals surface area contributed by atoms with Crippen LogP contribution in [0, 0.1) is 0 Å². The Labute approximate surface area is 165 Å². The standard InChI is InChI=1S/C21H16ClN3O3/c1-28-20-8-14(6-7-19(20)26)18-10-17(24-21(27)25-18)13-4-2-12(3-5-13)16-9-15(22)11-23-16/h2-11,23,26H,1H3,(H,24,25,27). The average molecular weight is 394 g/mol. The van der Waals surface area contributed by atoms with Crippen molar-refractivity contribution >= 4 is 11.6 Å². The van der Waals surface area contributed by atoms with E-state index in [-0.39, 0.29) is 5.75 Å². The Morgan fingerprint density at radius 1 is 0.964 bits per heavy atom. The maximum absolute atomic E-state index is 12.1. The first-order valence-electron chi connectivity index (χ1n) is 8.47. The molecule has 140 valence electrons. The Kier molecular flexibility index (Phi) is 4.63. The van der Waals surface area contributed by atoms with E-state index in [1.807, 2.05) is 30.3 Å². The summed E-state index contributed by atoms with van der Waals surface area (Å²) in [5, 5.41) is 10.4. The van der Waals surface area contributed by atoms with Crippen LogP contribution in [-0.4, -0.2) is 27.2 Å². The lowest BCUT2D eigenvalue weighted by Gasteiger charge is -2.08. The van der Waals surface area contributed by atoms with E-state index in [2.05, 4.69) is 15.0 Å². The van der Waals surface area contributed by atoms with Crippen LogP contribution in [0.25, 0.3) is 33.8 Å². The lowest BCUT2D eigenvalue weighted by Crippen LogP contribution is -2.11. The Morgan fingerprint density at radius 3 is 2.29 bits per heavy atom. The number of phenolic OH excluding ortho intramolecular Hbond substituents is 1. The van der Waals surface area contributed by atoms with Gasteiger partial charge in [0.15, 0.2) is 11.5 Å². The highest BCUT2D eigenvalue weighted by molar-refractivity contribution is 6.30. The summed E-state index contributed by atoms with van der Waals surface area (Å²) in [6, 6.07) is 16.2. The van der Waals surface area contributed by atoms with E-state index in [9.17, 15) is 9.90 Å². The lowest BCUT2D eigenvalue weighted by atomic mass is 10.0. The third-order valence-corrected chi connectivity index (χ3v) is 4.59. The average Bonchev–Trinajstić information content (AvgIpc) is 3.14. The molecule has 0 aliphatic rings. The Bertz CT molecular complexity index is 1200. The Morgan fingerprint density at radius 2 is 1.64 bits per heavy atom. The number of nitrogens with zero attached hydrogens (tertiary/aromatic N) is 1. The number of ether oxygens (including phenoxy) is 1. The van der Waals surface area contributed by atoms with Crippen LogP contribution in [0.5, 0.6) is 11.5 Å². The van der Waals surface area contributed by atoms with Crippen molar-refractivity contribution in [1.82, 2.24) is 15.0 Å². The highest BCUT2D eigenvalue weighted by Crippen LogP contribution is 2.31. The molecule has 0 aliphatic carbocycles. The van der Waals surface area contributed by atoms with E-state index in [1.165, 1.54) is 13.2 Å². The molecule has 6 nitrogen and oxygen atoms in total. The molecule has 0 amide bonds. The molecule has 4 aromatic rings. The van der Waals surface area contributed by atoms with Crippen LogP contribution in [0.1, 0.15) is 0 Å². The molecule has 0 atom stereocenters. The van der Waals surface area contributed by atoms with Gasteiger partial charge in [-0.25, -0.2) is 4.79 Å². The van der Waals surface area contributed by atoms with Gasteiger partial charge in [-0.3, -0.25) is 0 Å². The molecular formula is C21H16ClN3O3. The zero-order valence-electron chi connectivity index (χ0n) is 14.9. The summed E-state index contributed by atoms with van der Waals surface area (Å²) in [7, 11) is 1.47. The van der Waals surface area contributed by atoms with E-state index in [4.69, 9.17) is 16.3 Å². The molecule has 4 rings (SSSR count). The normalized spacial score (nSPS) is 10.8. The molecule has 0 saturated heterocycles. The van der Waals surface area contributed by atoms with Crippen molar-refractivity contribution in [3.63, 3.8) is 0 Å². The molecule has 28 heavy (non-hydrogen) atoms. The molecule has 3 N–H and O–H groups in total. The second kappa shape index (κ2) is 7.25. The molecule has 0 radical (unpaired) electrons. The number of halogens is 1. The van der Waals surface area contributed by atoms with Gasteiger partial charge in [-0.1, -0.05) is 35.9 Å². The maximum atomic E-state index is 12.1. The summed E-state index contributed by atoms with van der Waals surface area (Å²) in [5.74, 6) is 0.339. The zero-order valence-corrected chi connectivity index (χ0v) is 15.6. The third kappa shape index (κ3) is 3.50. The molecule has 0 saturated carbocycles. The molecular weight excluding hydrogens is 378 g/mol. The minimum absolute atomic E-state index is 0.0244. The van der Waals surface area contributed by atoms with Crippen LogP contribution in [0.4, 0.5) is 0 Å². The second-order valence-corrected chi connectivity index (χ2v) is 6.62. The first kappa shape index (κ1) is 17.9. The predicted octanol–water partition coefficient (Wildman–Crippen LogP) is 4.47. The van der Waals surface area contributed by atoms with Crippen molar-refractivity contribution in [2.45, 2.75) is 0 Å². The fourth-order valence-corrected chi connectivity index (χ4v) is 3.13. The first-order valence-corrected chi connectivity index (χ1v) is 8.85. The van der Waals surface area contributed by atoms with Crippen molar-refractivity contribution in [1.29, 1.82) is 0 Å². The number of aromatic amines is 2. The van der Waals surface area contributed by atoms with Crippen molar-refractivity contribution in [2.75, 3.05) is 7.11 Å². The maximum Gasteiger partial charge on any atom is 0.345 e. The molecule has 2 heterocycles. The van der Waals surface area contributed by atoms with Crippen molar-refractivity contribution in [3.05, 3.63) is 76.3 Å². The van der Waals surface area contributed by atoms with E-state index < -0.39 is 5.69 Å². The smallest absolute Gasteiger partial charge is 0.345 e. The van der Waals surface area contributed by atoms with Gasteiger partial charge in [-0.2, -0.15) is 4.98 Å². The first-order chi connectivity index (χ1) is 13.5. The van der Waals surface area contributed by atoms with Gasteiger partial charge in [0.1, 0.15) is 0 Å².